The lowest BCUT2D eigenvalue weighted by Crippen LogP contribution is -2.52. The van der Waals surface area contributed by atoms with Crippen LogP contribution in [0.25, 0.3) is 0 Å². The van der Waals surface area contributed by atoms with Crippen molar-refractivity contribution in [3.8, 4) is 11.5 Å². The molecule has 0 radical (unpaired) electrons. The molecule has 0 saturated carbocycles. The fraction of sp³-hybridized carbons (Fsp3) is 0.550. The van der Waals surface area contributed by atoms with E-state index < -0.39 is 0 Å². The van der Waals surface area contributed by atoms with Gasteiger partial charge in [0.2, 0.25) is 0 Å². The molecule has 2 heterocycles. The van der Waals surface area contributed by atoms with Gasteiger partial charge in [0, 0.05) is 46.8 Å². The summed E-state index contributed by atoms with van der Waals surface area (Å²) in [4.78, 5) is 9.17. The summed E-state index contributed by atoms with van der Waals surface area (Å²) < 4.78 is 12.7. The van der Waals surface area contributed by atoms with Crippen LogP contribution >= 0.6 is 24.0 Å². The predicted octanol–water partition coefficient (Wildman–Crippen LogP) is 1.65. The zero-order chi connectivity index (χ0) is 20.8. The highest BCUT2D eigenvalue weighted by Gasteiger charge is 2.20. The molecule has 0 unspecified atom stereocenters. The van der Waals surface area contributed by atoms with Gasteiger partial charge in [-0.3, -0.25) is 9.89 Å². The highest BCUT2D eigenvalue weighted by Crippen LogP contribution is 2.28. The summed E-state index contributed by atoms with van der Waals surface area (Å²) in [6.07, 6.45) is 0. The van der Waals surface area contributed by atoms with Crippen molar-refractivity contribution in [2.24, 2.45) is 12.0 Å². The number of aryl methyl sites for hydroxylation is 1. The third-order valence-corrected chi connectivity index (χ3v) is 5.33. The van der Waals surface area contributed by atoms with Crippen LogP contribution in [0.5, 0.6) is 11.5 Å². The molecular formula is C20H32IN7O2. The van der Waals surface area contributed by atoms with E-state index in [0.717, 1.165) is 61.8 Å². The number of rotatable bonds is 6. The molecular weight excluding hydrogens is 497 g/mol. The van der Waals surface area contributed by atoms with E-state index in [1.807, 2.05) is 31.7 Å². The van der Waals surface area contributed by atoms with E-state index in [1.165, 1.54) is 5.56 Å². The molecule has 2 aromatic rings. The Labute approximate surface area is 195 Å². The van der Waals surface area contributed by atoms with Crippen molar-refractivity contribution in [1.82, 2.24) is 29.9 Å². The molecule has 1 fully saturated rings. The van der Waals surface area contributed by atoms with Gasteiger partial charge in [-0.25, -0.2) is 0 Å². The van der Waals surface area contributed by atoms with Crippen molar-refractivity contribution in [2.45, 2.75) is 20.0 Å². The maximum absolute atomic E-state index is 5.42. The van der Waals surface area contributed by atoms with Gasteiger partial charge in [-0.2, -0.15) is 0 Å². The first kappa shape index (κ1) is 24.2. The highest BCUT2D eigenvalue weighted by atomic mass is 127. The number of aliphatic imine (C=N–C) groups is 1. The number of halogens is 1. The lowest BCUT2D eigenvalue weighted by molar-refractivity contribution is 0.172. The number of hydrogen-bond donors (Lipinski definition) is 1. The summed E-state index contributed by atoms with van der Waals surface area (Å²) in [6, 6.07) is 6.11. The standard InChI is InChI=1S/C20H31N7O2.HI/c1-15-23-24-19(25(15)3)13-22-20(21-2)27-10-8-26(9-11-27)14-16-6-7-17(28-4)18(12-16)29-5;/h6-7,12H,8-11,13-14H2,1-5H3,(H,21,22);1H. The number of nitrogens with zero attached hydrogens (tertiary/aromatic N) is 6. The van der Waals surface area contributed by atoms with E-state index in [2.05, 4.69) is 42.4 Å². The molecule has 1 N–H and O–H groups in total. The maximum Gasteiger partial charge on any atom is 0.194 e. The summed E-state index contributed by atoms with van der Waals surface area (Å²) in [5.41, 5.74) is 1.22. The second-order valence-electron chi connectivity index (χ2n) is 7.08. The first-order valence-electron chi connectivity index (χ1n) is 9.79. The highest BCUT2D eigenvalue weighted by molar-refractivity contribution is 14.0. The molecule has 9 nitrogen and oxygen atoms in total. The molecule has 30 heavy (non-hydrogen) atoms. The Morgan fingerprint density at radius 3 is 2.37 bits per heavy atom. The van der Waals surface area contributed by atoms with Crippen LogP contribution in [-0.2, 0) is 20.1 Å². The van der Waals surface area contributed by atoms with E-state index >= 15 is 0 Å². The zero-order valence-electron chi connectivity index (χ0n) is 18.4. The van der Waals surface area contributed by atoms with Crippen LogP contribution in [0.3, 0.4) is 0 Å². The summed E-state index contributed by atoms with van der Waals surface area (Å²) >= 11 is 0. The Morgan fingerprint density at radius 1 is 1.10 bits per heavy atom. The minimum absolute atomic E-state index is 0. The van der Waals surface area contributed by atoms with Gasteiger partial charge in [-0.15, -0.1) is 34.2 Å². The second kappa shape index (κ2) is 11.3. The molecule has 166 valence electrons. The molecule has 0 spiro atoms. The number of guanidine groups is 1. The third-order valence-electron chi connectivity index (χ3n) is 5.33. The molecule has 10 heteroatoms. The van der Waals surface area contributed by atoms with E-state index in [4.69, 9.17) is 9.47 Å². The van der Waals surface area contributed by atoms with Gasteiger partial charge in [-0.05, 0) is 24.6 Å². The molecule has 0 aliphatic carbocycles. The molecule has 0 atom stereocenters. The SMILES string of the molecule is CN=C(NCc1nnc(C)n1C)N1CCN(Cc2ccc(OC)c(OC)c2)CC1.I. The predicted molar refractivity (Wildman–Crippen MR) is 128 cm³/mol. The van der Waals surface area contributed by atoms with Gasteiger partial charge >= 0.3 is 0 Å². The largest absolute Gasteiger partial charge is 0.493 e. The summed E-state index contributed by atoms with van der Waals surface area (Å²) in [5.74, 6) is 4.23. The molecule has 0 bridgehead atoms. The first-order chi connectivity index (χ1) is 14.0. The topological polar surface area (TPSA) is 80.0 Å². The molecule has 1 aromatic carbocycles. The Kier molecular flexibility index (Phi) is 9.15. The van der Waals surface area contributed by atoms with Gasteiger partial charge < -0.3 is 24.3 Å². The molecule has 1 aliphatic heterocycles. The number of aromatic nitrogens is 3. The summed E-state index contributed by atoms with van der Waals surface area (Å²) in [7, 11) is 7.12. The average molecular weight is 529 g/mol. The fourth-order valence-electron chi connectivity index (χ4n) is 3.45. The van der Waals surface area contributed by atoms with Crippen LogP contribution < -0.4 is 14.8 Å². The lowest BCUT2D eigenvalue weighted by Gasteiger charge is -2.36. The second-order valence-corrected chi connectivity index (χ2v) is 7.08. The van der Waals surface area contributed by atoms with Gasteiger partial charge in [0.05, 0.1) is 20.8 Å². The van der Waals surface area contributed by atoms with Crippen molar-refractivity contribution in [2.75, 3.05) is 47.4 Å². The average Bonchev–Trinajstić information content (AvgIpc) is 3.07. The van der Waals surface area contributed by atoms with Crippen molar-refractivity contribution in [3.05, 3.63) is 35.4 Å². The van der Waals surface area contributed by atoms with E-state index in [0.29, 0.717) is 6.54 Å². The number of ether oxygens (including phenoxy) is 2. The first-order valence-corrected chi connectivity index (χ1v) is 9.79. The van der Waals surface area contributed by atoms with Crippen LogP contribution in [-0.4, -0.2) is 78.0 Å². The smallest absolute Gasteiger partial charge is 0.194 e. The van der Waals surface area contributed by atoms with Crippen molar-refractivity contribution in [1.29, 1.82) is 0 Å². The van der Waals surface area contributed by atoms with Crippen LogP contribution in [0.15, 0.2) is 23.2 Å². The van der Waals surface area contributed by atoms with Crippen LogP contribution in [0.1, 0.15) is 17.2 Å². The lowest BCUT2D eigenvalue weighted by atomic mass is 10.1. The maximum atomic E-state index is 5.42. The Hall–Kier alpha value is -2.08. The van der Waals surface area contributed by atoms with Gasteiger partial charge in [0.25, 0.3) is 0 Å². The van der Waals surface area contributed by atoms with Gasteiger partial charge in [0.15, 0.2) is 23.3 Å². The summed E-state index contributed by atoms with van der Waals surface area (Å²) in [6.45, 7) is 7.23. The number of benzene rings is 1. The Morgan fingerprint density at radius 2 is 1.80 bits per heavy atom. The van der Waals surface area contributed by atoms with Crippen molar-refractivity contribution >= 4 is 29.9 Å². The summed E-state index contributed by atoms with van der Waals surface area (Å²) in [5, 5.41) is 11.7. The molecule has 3 rings (SSSR count). The van der Waals surface area contributed by atoms with Gasteiger partial charge in [0.1, 0.15) is 5.82 Å². The van der Waals surface area contributed by atoms with E-state index in [-0.39, 0.29) is 24.0 Å². The molecule has 1 aliphatic rings. The fourth-order valence-corrected chi connectivity index (χ4v) is 3.45. The van der Waals surface area contributed by atoms with E-state index in [1.54, 1.807) is 14.2 Å². The number of nitrogens with one attached hydrogen (secondary N) is 1. The van der Waals surface area contributed by atoms with E-state index in [9.17, 15) is 0 Å². The number of hydrogen-bond acceptors (Lipinski definition) is 6. The minimum atomic E-state index is 0. The minimum Gasteiger partial charge on any atom is -0.493 e. The zero-order valence-corrected chi connectivity index (χ0v) is 20.7. The third kappa shape index (κ3) is 5.75. The van der Waals surface area contributed by atoms with Crippen molar-refractivity contribution in [3.63, 3.8) is 0 Å². The number of piperazine rings is 1. The van der Waals surface area contributed by atoms with Crippen LogP contribution in [0.4, 0.5) is 0 Å². The van der Waals surface area contributed by atoms with Gasteiger partial charge in [-0.1, -0.05) is 6.07 Å². The van der Waals surface area contributed by atoms with Crippen LogP contribution in [0.2, 0.25) is 0 Å². The Bertz CT molecular complexity index is 848. The molecule has 1 saturated heterocycles. The normalized spacial score (nSPS) is 15.0. The number of methoxy groups -OCH3 is 2. The quantitative estimate of drug-likeness (QED) is 0.347. The monoisotopic (exact) mass is 529 g/mol. The molecule has 1 aromatic heterocycles. The van der Waals surface area contributed by atoms with Crippen LogP contribution in [0, 0.1) is 6.92 Å². The Balaban J connectivity index is 0.00000320. The van der Waals surface area contributed by atoms with Crippen molar-refractivity contribution < 1.29 is 9.47 Å². The molecule has 0 amide bonds.